The molecular formula is C20H29NO6. The molecule has 0 N–H and O–H groups in total. The maximum atomic E-state index is 12.9. The molecule has 7 nitrogen and oxygen atoms in total. The number of nitro groups is 1. The van der Waals surface area contributed by atoms with Gasteiger partial charge >= 0.3 is 0 Å². The summed E-state index contributed by atoms with van der Waals surface area (Å²) in [6, 6.07) is 3.43. The van der Waals surface area contributed by atoms with Gasteiger partial charge in [-0.25, -0.2) is 0 Å². The zero-order valence-corrected chi connectivity index (χ0v) is 16.7. The fourth-order valence-corrected chi connectivity index (χ4v) is 3.70. The van der Waals surface area contributed by atoms with E-state index in [9.17, 15) is 14.9 Å². The van der Waals surface area contributed by atoms with Crippen molar-refractivity contribution >= 4 is 5.78 Å². The molecule has 2 rings (SSSR count). The molecule has 1 heterocycles. The summed E-state index contributed by atoms with van der Waals surface area (Å²) in [4.78, 5) is 23.8. The summed E-state index contributed by atoms with van der Waals surface area (Å²) in [7, 11) is 1.51. The van der Waals surface area contributed by atoms with E-state index >= 15 is 0 Å². The highest BCUT2D eigenvalue weighted by Crippen LogP contribution is 2.44. The predicted molar refractivity (Wildman–Crippen MR) is 101 cm³/mol. The van der Waals surface area contributed by atoms with Gasteiger partial charge in [0.1, 0.15) is 5.78 Å². The Morgan fingerprint density at radius 3 is 2.67 bits per heavy atom. The van der Waals surface area contributed by atoms with E-state index in [0.29, 0.717) is 29.2 Å². The number of hydrogen-bond acceptors (Lipinski definition) is 6. The standard InChI is InChI=1S/C20H29NO6/c1-6-7-20(3,4)10-16(22)13(2)15(11-21(23)24)14-8-17(25-5)19-18(9-14)26-12-27-19/h8-9,13,15H,6-7,10-12H2,1-5H3/t13?,15-/m0/s1. The fourth-order valence-electron chi connectivity index (χ4n) is 3.70. The third-order valence-corrected chi connectivity index (χ3v) is 5.15. The number of methoxy groups -OCH3 is 1. The van der Waals surface area contributed by atoms with E-state index in [1.54, 1.807) is 19.1 Å². The van der Waals surface area contributed by atoms with Gasteiger partial charge in [-0.15, -0.1) is 0 Å². The van der Waals surface area contributed by atoms with Crippen LogP contribution in [-0.4, -0.2) is 31.2 Å². The lowest BCUT2D eigenvalue weighted by Gasteiger charge is -2.27. The van der Waals surface area contributed by atoms with Crippen LogP contribution in [0.3, 0.4) is 0 Å². The van der Waals surface area contributed by atoms with Gasteiger partial charge in [-0.05, 0) is 29.5 Å². The van der Waals surface area contributed by atoms with Crippen molar-refractivity contribution in [2.45, 2.75) is 52.9 Å². The van der Waals surface area contributed by atoms with Crippen LogP contribution in [0.4, 0.5) is 0 Å². The summed E-state index contributed by atoms with van der Waals surface area (Å²) < 4.78 is 16.2. The zero-order valence-electron chi connectivity index (χ0n) is 16.7. The number of fused-ring (bicyclic) bond motifs is 1. The molecule has 1 aromatic rings. The maximum absolute atomic E-state index is 12.9. The summed E-state index contributed by atoms with van der Waals surface area (Å²) in [5.74, 6) is 0.425. The van der Waals surface area contributed by atoms with E-state index in [-0.39, 0.29) is 29.5 Å². The van der Waals surface area contributed by atoms with Crippen LogP contribution in [0.1, 0.15) is 58.4 Å². The molecule has 0 saturated heterocycles. The Morgan fingerprint density at radius 1 is 1.37 bits per heavy atom. The Kier molecular flexibility index (Phi) is 6.68. The number of benzene rings is 1. The summed E-state index contributed by atoms with van der Waals surface area (Å²) in [6.45, 7) is 7.73. The molecule has 0 bridgehead atoms. The van der Waals surface area contributed by atoms with Crippen LogP contribution in [0, 0.1) is 21.4 Å². The molecule has 7 heteroatoms. The summed E-state index contributed by atoms with van der Waals surface area (Å²) in [5, 5.41) is 11.3. The van der Waals surface area contributed by atoms with Crippen molar-refractivity contribution in [1.29, 1.82) is 0 Å². The lowest BCUT2D eigenvalue weighted by Crippen LogP contribution is -2.29. The molecule has 0 fully saturated rings. The lowest BCUT2D eigenvalue weighted by atomic mass is 9.76. The number of ketones is 1. The Balaban J connectivity index is 2.32. The average Bonchev–Trinajstić information content (AvgIpc) is 3.06. The number of Topliss-reactive ketones (excluding diaryl/α,β-unsaturated/α-hetero) is 1. The molecule has 0 radical (unpaired) electrons. The molecule has 1 aliphatic rings. The monoisotopic (exact) mass is 379 g/mol. The highest BCUT2D eigenvalue weighted by atomic mass is 16.7. The first-order valence-electron chi connectivity index (χ1n) is 9.30. The van der Waals surface area contributed by atoms with Gasteiger partial charge in [-0.2, -0.15) is 0 Å². The Labute approximate surface area is 160 Å². The maximum Gasteiger partial charge on any atom is 0.231 e. The number of carbonyl (C=O) groups excluding carboxylic acids is 1. The SMILES string of the molecule is CCCC(C)(C)CC(=O)C(C)[C@H](C[N+](=O)[O-])c1cc(OC)c2c(c1)OCO2. The van der Waals surface area contributed by atoms with Crippen molar-refractivity contribution < 1.29 is 23.9 Å². The van der Waals surface area contributed by atoms with Gasteiger partial charge in [-0.3, -0.25) is 14.9 Å². The first-order chi connectivity index (χ1) is 12.7. The topological polar surface area (TPSA) is 87.9 Å². The van der Waals surface area contributed by atoms with E-state index in [4.69, 9.17) is 14.2 Å². The van der Waals surface area contributed by atoms with Gasteiger partial charge < -0.3 is 14.2 Å². The molecule has 1 unspecified atom stereocenters. The second-order valence-corrected chi connectivity index (χ2v) is 7.92. The first-order valence-corrected chi connectivity index (χ1v) is 9.30. The first kappa shape index (κ1) is 21.0. The van der Waals surface area contributed by atoms with Gasteiger partial charge in [0, 0.05) is 17.3 Å². The highest BCUT2D eigenvalue weighted by Gasteiger charge is 2.34. The Morgan fingerprint density at radius 2 is 2.07 bits per heavy atom. The molecule has 0 spiro atoms. The number of nitrogens with zero attached hydrogens (tertiary/aromatic N) is 1. The molecule has 2 atom stereocenters. The average molecular weight is 379 g/mol. The molecule has 1 aromatic carbocycles. The van der Waals surface area contributed by atoms with Crippen molar-refractivity contribution in [2.75, 3.05) is 20.4 Å². The lowest BCUT2D eigenvalue weighted by molar-refractivity contribution is -0.484. The minimum Gasteiger partial charge on any atom is -0.493 e. The molecular weight excluding hydrogens is 350 g/mol. The fraction of sp³-hybridized carbons (Fsp3) is 0.650. The van der Waals surface area contributed by atoms with Crippen LogP contribution in [0.25, 0.3) is 0 Å². The summed E-state index contributed by atoms with van der Waals surface area (Å²) in [6.07, 6.45) is 2.33. The quantitative estimate of drug-likeness (QED) is 0.447. The van der Waals surface area contributed by atoms with E-state index < -0.39 is 11.8 Å². The van der Waals surface area contributed by atoms with Crippen molar-refractivity contribution in [2.24, 2.45) is 11.3 Å². The van der Waals surface area contributed by atoms with Gasteiger partial charge in [-0.1, -0.05) is 34.1 Å². The number of carbonyl (C=O) groups is 1. The number of hydrogen-bond donors (Lipinski definition) is 0. The molecule has 0 saturated carbocycles. The third-order valence-electron chi connectivity index (χ3n) is 5.15. The van der Waals surface area contributed by atoms with Crippen molar-refractivity contribution in [1.82, 2.24) is 0 Å². The molecule has 1 aliphatic heterocycles. The number of ether oxygens (including phenoxy) is 3. The third kappa shape index (κ3) is 5.11. The van der Waals surface area contributed by atoms with Gasteiger partial charge in [0.25, 0.3) is 0 Å². The smallest absolute Gasteiger partial charge is 0.231 e. The van der Waals surface area contributed by atoms with Crippen molar-refractivity contribution in [3.8, 4) is 17.2 Å². The highest BCUT2D eigenvalue weighted by molar-refractivity contribution is 5.82. The van der Waals surface area contributed by atoms with E-state index in [2.05, 4.69) is 20.8 Å². The van der Waals surface area contributed by atoms with Crippen LogP contribution < -0.4 is 14.2 Å². The summed E-state index contributed by atoms with van der Waals surface area (Å²) >= 11 is 0. The minimum absolute atomic E-state index is 0.0388. The normalized spacial score (nSPS) is 15.3. The van der Waals surface area contributed by atoms with Crippen LogP contribution >= 0.6 is 0 Å². The molecule has 0 aromatic heterocycles. The minimum atomic E-state index is -0.562. The Bertz CT molecular complexity index is 700. The van der Waals surface area contributed by atoms with Crippen LogP contribution in [-0.2, 0) is 4.79 Å². The van der Waals surface area contributed by atoms with Gasteiger partial charge in [0.2, 0.25) is 19.1 Å². The predicted octanol–water partition coefficient (Wildman–Crippen LogP) is 4.21. The summed E-state index contributed by atoms with van der Waals surface area (Å²) in [5.41, 5.74) is 0.535. The second-order valence-electron chi connectivity index (χ2n) is 7.92. The van der Waals surface area contributed by atoms with Gasteiger partial charge in [0.15, 0.2) is 11.5 Å². The molecule has 0 aliphatic carbocycles. The number of rotatable bonds is 10. The zero-order chi connectivity index (χ0) is 20.2. The van der Waals surface area contributed by atoms with Crippen LogP contribution in [0.5, 0.6) is 17.2 Å². The Hall–Kier alpha value is -2.31. The molecule has 27 heavy (non-hydrogen) atoms. The van der Waals surface area contributed by atoms with E-state index in [0.717, 1.165) is 12.8 Å². The largest absolute Gasteiger partial charge is 0.493 e. The van der Waals surface area contributed by atoms with Crippen molar-refractivity contribution in [3.05, 3.63) is 27.8 Å². The van der Waals surface area contributed by atoms with Crippen molar-refractivity contribution in [3.63, 3.8) is 0 Å². The molecule has 0 amide bonds. The van der Waals surface area contributed by atoms with E-state index in [1.807, 2.05) is 0 Å². The van der Waals surface area contributed by atoms with Crippen LogP contribution in [0.15, 0.2) is 12.1 Å². The second kappa shape index (κ2) is 8.59. The molecule has 150 valence electrons. The van der Waals surface area contributed by atoms with Crippen LogP contribution in [0.2, 0.25) is 0 Å². The van der Waals surface area contributed by atoms with Gasteiger partial charge in [0.05, 0.1) is 13.0 Å². The van der Waals surface area contributed by atoms with E-state index in [1.165, 1.54) is 7.11 Å².